The maximum atomic E-state index is 13.1. The molecule has 0 bridgehead atoms. The van der Waals surface area contributed by atoms with Crippen LogP contribution in [-0.2, 0) is 11.2 Å². The van der Waals surface area contributed by atoms with Crippen molar-refractivity contribution in [2.24, 2.45) is 5.92 Å². The summed E-state index contributed by atoms with van der Waals surface area (Å²) in [5.74, 6) is 0.0636. The van der Waals surface area contributed by atoms with Gasteiger partial charge in [-0.15, -0.1) is 0 Å². The molecule has 0 unspecified atom stereocenters. The van der Waals surface area contributed by atoms with E-state index < -0.39 is 0 Å². The van der Waals surface area contributed by atoms with Gasteiger partial charge in [-0.2, -0.15) is 0 Å². The number of anilines is 1. The first-order chi connectivity index (χ1) is 11.5. The molecule has 3 nitrogen and oxygen atoms in total. The Hall–Kier alpha value is -2.20. The van der Waals surface area contributed by atoms with Crippen molar-refractivity contribution in [3.05, 3.63) is 65.5 Å². The molecule has 0 aliphatic rings. The molecule has 0 saturated carbocycles. The normalized spacial score (nSPS) is 12.2. The fraction of sp³-hybridized carbons (Fsp3) is 0.350. The van der Waals surface area contributed by atoms with Crippen molar-refractivity contribution < 1.29 is 14.5 Å². The van der Waals surface area contributed by atoms with Gasteiger partial charge in [-0.05, 0) is 36.2 Å². The highest BCUT2D eigenvalue weighted by molar-refractivity contribution is 5.91. The van der Waals surface area contributed by atoms with E-state index in [2.05, 4.69) is 26.1 Å². The molecule has 128 valence electrons. The van der Waals surface area contributed by atoms with Crippen LogP contribution in [0.25, 0.3) is 0 Å². The Morgan fingerprint density at radius 3 is 2.25 bits per heavy atom. The van der Waals surface area contributed by atoms with Gasteiger partial charge in [-0.1, -0.05) is 45.0 Å². The number of benzene rings is 2. The minimum Gasteiger partial charge on any atom is -0.332 e. The Kier molecular flexibility index (Phi) is 6.50. The number of carbonyl (C=O) groups is 1. The number of hydrogen-bond acceptors (Lipinski definition) is 1. The molecular formula is C20H26FN2O+. The van der Waals surface area contributed by atoms with E-state index >= 15 is 0 Å². The van der Waals surface area contributed by atoms with E-state index in [1.807, 2.05) is 29.6 Å². The standard InChI is InChI=1S/C20H25FN2O/c1-4-15-5-11-18(12-6-15)23-19(24)13-22-20(14(2)3)16-7-9-17(21)10-8-16/h5-12,14,20,22H,4,13H2,1-3H3,(H,23,24)/p+1/t20-/m1/s1. The molecule has 4 heteroatoms. The highest BCUT2D eigenvalue weighted by Crippen LogP contribution is 2.17. The number of halogens is 1. The summed E-state index contributed by atoms with van der Waals surface area (Å²) in [6.45, 7) is 6.64. The summed E-state index contributed by atoms with van der Waals surface area (Å²) in [7, 11) is 0. The van der Waals surface area contributed by atoms with E-state index in [-0.39, 0.29) is 17.8 Å². The second-order valence-corrected chi connectivity index (χ2v) is 6.36. The zero-order valence-electron chi connectivity index (χ0n) is 14.6. The van der Waals surface area contributed by atoms with Crippen molar-refractivity contribution >= 4 is 11.6 Å². The predicted octanol–water partition coefficient (Wildman–Crippen LogP) is 3.29. The van der Waals surface area contributed by atoms with Crippen LogP contribution in [0.4, 0.5) is 10.1 Å². The molecule has 3 N–H and O–H groups in total. The number of carbonyl (C=O) groups excluding carboxylic acids is 1. The Morgan fingerprint density at radius 2 is 1.71 bits per heavy atom. The van der Waals surface area contributed by atoms with Gasteiger partial charge in [-0.25, -0.2) is 4.39 Å². The molecule has 1 atom stereocenters. The van der Waals surface area contributed by atoms with E-state index in [1.165, 1.54) is 17.7 Å². The van der Waals surface area contributed by atoms with Gasteiger partial charge in [0, 0.05) is 17.2 Å². The summed E-state index contributed by atoms with van der Waals surface area (Å²) < 4.78 is 13.1. The van der Waals surface area contributed by atoms with E-state index in [0.29, 0.717) is 12.5 Å². The number of nitrogens with one attached hydrogen (secondary N) is 1. The minimum absolute atomic E-state index is 0.0352. The molecular weight excluding hydrogens is 303 g/mol. The second kappa shape index (κ2) is 8.60. The SMILES string of the molecule is CCc1ccc(NC(=O)C[NH2+][C@@H](c2ccc(F)cc2)C(C)C)cc1. The van der Waals surface area contributed by atoms with Crippen molar-refractivity contribution in [2.45, 2.75) is 33.2 Å². The molecule has 2 rings (SSSR count). The van der Waals surface area contributed by atoms with Crippen LogP contribution in [0.15, 0.2) is 48.5 Å². The first kappa shape index (κ1) is 18.1. The van der Waals surface area contributed by atoms with Gasteiger partial charge < -0.3 is 10.6 Å². The molecule has 1 amide bonds. The third-order valence-corrected chi connectivity index (χ3v) is 4.18. The van der Waals surface area contributed by atoms with Gasteiger partial charge in [0.2, 0.25) is 0 Å². The number of rotatable bonds is 7. The number of nitrogens with two attached hydrogens (primary N) is 1. The molecule has 0 aliphatic carbocycles. The maximum Gasteiger partial charge on any atom is 0.279 e. The molecule has 24 heavy (non-hydrogen) atoms. The first-order valence-corrected chi connectivity index (χ1v) is 8.47. The highest BCUT2D eigenvalue weighted by atomic mass is 19.1. The van der Waals surface area contributed by atoms with E-state index in [4.69, 9.17) is 0 Å². The van der Waals surface area contributed by atoms with Crippen LogP contribution in [-0.4, -0.2) is 12.5 Å². The van der Waals surface area contributed by atoms with Crippen LogP contribution in [0.5, 0.6) is 0 Å². The molecule has 2 aromatic carbocycles. The molecule has 0 aliphatic heterocycles. The van der Waals surface area contributed by atoms with Gasteiger partial charge in [0.15, 0.2) is 6.54 Å². The van der Waals surface area contributed by atoms with Gasteiger partial charge in [0.1, 0.15) is 11.9 Å². The lowest BCUT2D eigenvalue weighted by Gasteiger charge is -2.19. The smallest absolute Gasteiger partial charge is 0.279 e. The summed E-state index contributed by atoms with van der Waals surface area (Å²) in [6.07, 6.45) is 0.982. The molecule has 0 saturated heterocycles. The summed E-state index contributed by atoms with van der Waals surface area (Å²) in [6, 6.07) is 14.5. The van der Waals surface area contributed by atoms with Crippen LogP contribution >= 0.6 is 0 Å². The van der Waals surface area contributed by atoms with Crippen molar-refractivity contribution in [1.29, 1.82) is 0 Å². The summed E-state index contributed by atoms with van der Waals surface area (Å²) >= 11 is 0. The average Bonchev–Trinajstić information content (AvgIpc) is 2.57. The molecule has 0 fully saturated rings. The lowest BCUT2D eigenvalue weighted by molar-refractivity contribution is -0.692. The average molecular weight is 329 g/mol. The minimum atomic E-state index is -0.241. The van der Waals surface area contributed by atoms with Gasteiger partial charge in [-0.3, -0.25) is 4.79 Å². The van der Waals surface area contributed by atoms with Crippen LogP contribution in [0, 0.1) is 11.7 Å². The summed E-state index contributed by atoms with van der Waals surface area (Å²) in [5.41, 5.74) is 3.09. The Labute approximate surface area is 143 Å². The zero-order chi connectivity index (χ0) is 17.5. The lowest BCUT2D eigenvalue weighted by Crippen LogP contribution is -2.88. The van der Waals surface area contributed by atoms with Crippen molar-refractivity contribution in [1.82, 2.24) is 0 Å². The maximum absolute atomic E-state index is 13.1. The molecule has 0 spiro atoms. The molecule has 0 aromatic heterocycles. The van der Waals surface area contributed by atoms with Gasteiger partial charge >= 0.3 is 0 Å². The van der Waals surface area contributed by atoms with Crippen molar-refractivity contribution in [3.8, 4) is 0 Å². The van der Waals surface area contributed by atoms with Crippen LogP contribution < -0.4 is 10.6 Å². The van der Waals surface area contributed by atoms with E-state index in [1.54, 1.807) is 12.1 Å². The molecule has 0 heterocycles. The van der Waals surface area contributed by atoms with E-state index in [0.717, 1.165) is 17.7 Å². The Morgan fingerprint density at radius 1 is 1.08 bits per heavy atom. The second-order valence-electron chi connectivity index (χ2n) is 6.36. The largest absolute Gasteiger partial charge is 0.332 e. The van der Waals surface area contributed by atoms with Crippen molar-refractivity contribution in [3.63, 3.8) is 0 Å². The first-order valence-electron chi connectivity index (χ1n) is 8.47. The van der Waals surface area contributed by atoms with Gasteiger partial charge in [0.05, 0.1) is 0 Å². The number of aryl methyl sites for hydroxylation is 1. The number of hydrogen-bond donors (Lipinski definition) is 2. The van der Waals surface area contributed by atoms with Crippen LogP contribution in [0.3, 0.4) is 0 Å². The zero-order valence-corrected chi connectivity index (χ0v) is 14.6. The Balaban J connectivity index is 1.93. The van der Waals surface area contributed by atoms with Crippen molar-refractivity contribution in [2.75, 3.05) is 11.9 Å². The van der Waals surface area contributed by atoms with Gasteiger partial charge in [0.25, 0.3) is 5.91 Å². The highest BCUT2D eigenvalue weighted by Gasteiger charge is 2.20. The van der Waals surface area contributed by atoms with Crippen LogP contribution in [0.2, 0.25) is 0 Å². The predicted molar refractivity (Wildman–Crippen MR) is 95.2 cm³/mol. The third kappa shape index (κ3) is 5.17. The molecule has 0 radical (unpaired) electrons. The quantitative estimate of drug-likeness (QED) is 0.804. The fourth-order valence-corrected chi connectivity index (χ4v) is 2.75. The van der Waals surface area contributed by atoms with Crippen LogP contribution in [0.1, 0.15) is 37.9 Å². The van der Waals surface area contributed by atoms with E-state index in [9.17, 15) is 9.18 Å². The monoisotopic (exact) mass is 329 g/mol. The summed E-state index contributed by atoms with van der Waals surface area (Å²) in [4.78, 5) is 12.2. The molecule has 2 aromatic rings. The summed E-state index contributed by atoms with van der Waals surface area (Å²) in [5, 5.41) is 4.93. The fourth-order valence-electron chi connectivity index (χ4n) is 2.75. The topological polar surface area (TPSA) is 45.7 Å². The lowest BCUT2D eigenvalue weighted by atomic mass is 9.96. The third-order valence-electron chi connectivity index (χ3n) is 4.18. The number of amides is 1. The Bertz CT molecular complexity index is 650. The number of quaternary nitrogens is 1.